The van der Waals surface area contributed by atoms with Crippen molar-refractivity contribution in [2.24, 2.45) is 0 Å². The zero-order valence-corrected chi connectivity index (χ0v) is 20.3. The number of benzene rings is 2. The van der Waals surface area contributed by atoms with Gasteiger partial charge in [0.05, 0.1) is 21.3 Å². The molecule has 7 heteroatoms. The van der Waals surface area contributed by atoms with Crippen LogP contribution in [-0.2, 0) is 11.3 Å². The molecule has 0 bridgehead atoms. The number of methoxy groups -OCH3 is 3. The minimum Gasteiger partial charge on any atom is -0.493 e. The third-order valence-electron chi connectivity index (χ3n) is 6.27. The number of hydrogen-bond acceptors (Lipinski definition) is 5. The van der Waals surface area contributed by atoms with E-state index >= 15 is 0 Å². The fourth-order valence-corrected chi connectivity index (χ4v) is 4.49. The fourth-order valence-electron chi connectivity index (χ4n) is 4.49. The number of likely N-dealkylation sites (tertiary alicyclic amines) is 1. The lowest BCUT2D eigenvalue weighted by Gasteiger charge is -2.39. The van der Waals surface area contributed by atoms with Gasteiger partial charge < -0.3 is 19.1 Å². The molecule has 3 rings (SSSR count). The fraction of sp³-hybridized carbons (Fsp3) is 0.500. The molecular formula is C26H35FN2O4. The van der Waals surface area contributed by atoms with E-state index in [1.165, 1.54) is 6.07 Å². The van der Waals surface area contributed by atoms with Crippen LogP contribution in [-0.4, -0.2) is 51.3 Å². The lowest BCUT2D eigenvalue weighted by molar-refractivity contribution is -0.119. The Kier molecular flexibility index (Phi) is 8.55. The quantitative estimate of drug-likeness (QED) is 0.532. The van der Waals surface area contributed by atoms with Crippen LogP contribution < -0.4 is 19.1 Å². The Morgan fingerprint density at radius 3 is 2.33 bits per heavy atom. The van der Waals surface area contributed by atoms with Crippen molar-refractivity contribution in [3.8, 4) is 17.2 Å². The van der Waals surface area contributed by atoms with Crippen LogP contribution in [0.15, 0.2) is 30.3 Å². The van der Waals surface area contributed by atoms with E-state index in [9.17, 15) is 9.18 Å². The van der Waals surface area contributed by atoms with Gasteiger partial charge in [-0.2, -0.15) is 0 Å². The Morgan fingerprint density at radius 2 is 1.76 bits per heavy atom. The van der Waals surface area contributed by atoms with Crippen molar-refractivity contribution < 1.29 is 23.4 Å². The molecule has 1 aliphatic heterocycles. The van der Waals surface area contributed by atoms with Crippen LogP contribution in [0.4, 0.5) is 10.1 Å². The number of carbonyl (C=O) groups is 1. The van der Waals surface area contributed by atoms with Crippen molar-refractivity contribution in [1.82, 2.24) is 4.90 Å². The summed E-state index contributed by atoms with van der Waals surface area (Å²) in [6, 6.07) is 9.03. The zero-order valence-electron chi connectivity index (χ0n) is 20.3. The van der Waals surface area contributed by atoms with Gasteiger partial charge in [-0.1, -0.05) is 19.1 Å². The highest BCUT2D eigenvalue weighted by atomic mass is 19.1. The van der Waals surface area contributed by atoms with Crippen LogP contribution in [0.2, 0.25) is 0 Å². The van der Waals surface area contributed by atoms with Gasteiger partial charge in [-0.25, -0.2) is 4.39 Å². The molecule has 0 N–H and O–H groups in total. The molecule has 1 fully saturated rings. The Labute approximate surface area is 196 Å². The summed E-state index contributed by atoms with van der Waals surface area (Å²) in [5.41, 5.74) is 2.25. The zero-order chi connectivity index (χ0) is 24.0. The topological polar surface area (TPSA) is 51.2 Å². The number of amides is 1. The summed E-state index contributed by atoms with van der Waals surface area (Å²) in [5.74, 6) is 1.67. The third kappa shape index (κ3) is 5.58. The Bertz CT molecular complexity index is 958. The number of anilines is 1. The molecule has 1 aliphatic rings. The number of ether oxygens (including phenoxy) is 3. The van der Waals surface area contributed by atoms with Crippen LogP contribution in [0.25, 0.3) is 0 Å². The molecule has 0 aromatic heterocycles. The molecule has 180 valence electrons. The number of aryl methyl sites for hydroxylation is 1. The molecule has 2 aromatic carbocycles. The molecule has 1 heterocycles. The maximum absolute atomic E-state index is 14.3. The van der Waals surface area contributed by atoms with E-state index in [1.54, 1.807) is 34.3 Å². The molecule has 0 atom stereocenters. The SMILES string of the molecule is CCCC(=O)N(c1ccc(C)c(F)c1)C1CCN(Cc2ccc(OC)c(OC)c2OC)CC1. The van der Waals surface area contributed by atoms with Gasteiger partial charge in [-0.3, -0.25) is 9.69 Å². The van der Waals surface area contributed by atoms with E-state index in [0.29, 0.717) is 41.5 Å². The highest BCUT2D eigenvalue weighted by Gasteiger charge is 2.30. The molecular weight excluding hydrogens is 423 g/mol. The normalized spacial score (nSPS) is 14.7. The van der Waals surface area contributed by atoms with Crippen LogP contribution >= 0.6 is 0 Å². The van der Waals surface area contributed by atoms with Crippen LogP contribution in [0.1, 0.15) is 43.7 Å². The van der Waals surface area contributed by atoms with Crippen molar-refractivity contribution in [3.63, 3.8) is 0 Å². The molecule has 1 saturated heterocycles. The van der Waals surface area contributed by atoms with Crippen molar-refractivity contribution in [2.75, 3.05) is 39.3 Å². The highest BCUT2D eigenvalue weighted by Crippen LogP contribution is 2.40. The number of carbonyl (C=O) groups excluding carboxylic acids is 1. The maximum Gasteiger partial charge on any atom is 0.227 e. The second kappa shape index (κ2) is 11.4. The summed E-state index contributed by atoms with van der Waals surface area (Å²) in [6.45, 7) is 6.08. The molecule has 0 aliphatic carbocycles. The van der Waals surface area contributed by atoms with Crippen LogP contribution in [0.5, 0.6) is 17.2 Å². The second-order valence-corrected chi connectivity index (χ2v) is 8.45. The summed E-state index contributed by atoms with van der Waals surface area (Å²) in [7, 11) is 4.84. The van der Waals surface area contributed by atoms with Crippen LogP contribution in [0, 0.1) is 12.7 Å². The Morgan fingerprint density at radius 1 is 1.06 bits per heavy atom. The predicted molar refractivity (Wildman–Crippen MR) is 128 cm³/mol. The number of halogens is 1. The van der Waals surface area contributed by atoms with E-state index < -0.39 is 0 Å². The van der Waals surface area contributed by atoms with E-state index in [1.807, 2.05) is 30.0 Å². The van der Waals surface area contributed by atoms with Gasteiger partial charge >= 0.3 is 0 Å². The molecule has 6 nitrogen and oxygen atoms in total. The largest absolute Gasteiger partial charge is 0.493 e. The van der Waals surface area contributed by atoms with Crippen molar-refractivity contribution in [1.29, 1.82) is 0 Å². The molecule has 0 radical (unpaired) electrons. The smallest absolute Gasteiger partial charge is 0.227 e. The summed E-state index contributed by atoms with van der Waals surface area (Å²) in [4.78, 5) is 17.1. The van der Waals surface area contributed by atoms with E-state index in [0.717, 1.165) is 37.9 Å². The van der Waals surface area contributed by atoms with E-state index in [2.05, 4.69) is 4.90 Å². The first-order valence-electron chi connectivity index (χ1n) is 11.5. The Balaban J connectivity index is 1.74. The number of piperidine rings is 1. The van der Waals surface area contributed by atoms with Crippen molar-refractivity contribution in [2.45, 2.75) is 52.1 Å². The van der Waals surface area contributed by atoms with Crippen LogP contribution in [0.3, 0.4) is 0 Å². The average Bonchev–Trinajstić information content (AvgIpc) is 2.82. The van der Waals surface area contributed by atoms with Gasteiger partial charge in [0.15, 0.2) is 11.5 Å². The molecule has 2 aromatic rings. The highest BCUT2D eigenvalue weighted by molar-refractivity contribution is 5.94. The predicted octanol–water partition coefficient (Wildman–Crippen LogP) is 4.96. The second-order valence-electron chi connectivity index (χ2n) is 8.45. The lowest BCUT2D eigenvalue weighted by atomic mass is 10.00. The lowest BCUT2D eigenvalue weighted by Crippen LogP contribution is -2.47. The first-order valence-corrected chi connectivity index (χ1v) is 11.5. The minimum atomic E-state index is -0.278. The van der Waals surface area contributed by atoms with E-state index in [-0.39, 0.29) is 17.8 Å². The molecule has 33 heavy (non-hydrogen) atoms. The number of hydrogen-bond donors (Lipinski definition) is 0. The summed E-state index contributed by atoms with van der Waals surface area (Å²) in [6.07, 6.45) is 2.86. The molecule has 0 unspecified atom stereocenters. The third-order valence-corrected chi connectivity index (χ3v) is 6.27. The van der Waals surface area contributed by atoms with Gasteiger partial charge in [0.2, 0.25) is 11.7 Å². The van der Waals surface area contributed by atoms with Crippen molar-refractivity contribution >= 4 is 11.6 Å². The monoisotopic (exact) mass is 458 g/mol. The van der Waals surface area contributed by atoms with Gasteiger partial charge in [0, 0.05) is 43.3 Å². The maximum atomic E-state index is 14.3. The molecule has 0 spiro atoms. The summed E-state index contributed by atoms with van der Waals surface area (Å²) >= 11 is 0. The average molecular weight is 459 g/mol. The molecule has 1 amide bonds. The van der Waals surface area contributed by atoms with Crippen molar-refractivity contribution in [3.05, 3.63) is 47.3 Å². The van der Waals surface area contributed by atoms with Gasteiger partial charge in [0.1, 0.15) is 5.82 Å². The summed E-state index contributed by atoms with van der Waals surface area (Å²) in [5, 5.41) is 0. The first kappa shape index (κ1) is 24.8. The van der Waals surface area contributed by atoms with Gasteiger partial charge in [-0.05, 0) is 49.9 Å². The number of nitrogens with zero attached hydrogens (tertiary/aromatic N) is 2. The number of rotatable bonds is 9. The van der Waals surface area contributed by atoms with Gasteiger partial charge in [-0.15, -0.1) is 0 Å². The Hall–Kier alpha value is -2.80. The first-order chi connectivity index (χ1) is 15.9. The van der Waals surface area contributed by atoms with E-state index in [4.69, 9.17) is 14.2 Å². The standard InChI is InChI=1S/C26H35FN2O4/c1-6-7-24(30)29(21-10-8-18(2)22(27)16-21)20-12-14-28(15-13-20)17-19-9-11-23(31-3)26(33-5)25(19)32-4/h8-11,16,20H,6-7,12-15,17H2,1-5H3. The van der Waals surface area contributed by atoms with Gasteiger partial charge in [0.25, 0.3) is 0 Å². The summed E-state index contributed by atoms with van der Waals surface area (Å²) < 4.78 is 30.8. The minimum absolute atomic E-state index is 0.0507. The molecule has 0 saturated carbocycles.